The van der Waals surface area contributed by atoms with Crippen molar-refractivity contribution in [3.8, 4) is 5.69 Å². The van der Waals surface area contributed by atoms with Crippen LogP contribution in [0.25, 0.3) is 5.69 Å². The van der Waals surface area contributed by atoms with E-state index < -0.39 is 18.0 Å². The van der Waals surface area contributed by atoms with E-state index in [1.807, 2.05) is 13.8 Å². The lowest BCUT2D eigenvalue weighted by molar-refractivity contribution is -0.124. The highest BCUT2D eigenvalue weighted by Gasteiger charge is 2.23. The molecule has 29 heavy (non-hydrogen) atoms. The number of amides is 1. The van der Waals surface area contributed by atoms with Gasteiger partial charge in [0.15, 0.2) is 11.9 Å². The van der Waals surface area contributed by atoms with Gasteiger partial charge in [0.05, 0.1) is 27.7 Å². The fourth-order valence-corrected chi connectivity index (χ4v) is 2.88. The Morgan fingerprint density at radius 2 is 1.93 bits per heavy atom. The molecule has 0 saturated heterocycles. The van der Waals surface area contributed by atoms with Gasteiger partial charge in [-0.25, -0.2) is 9.48 Å². The van der Waals surface area contributed by atoms with E-state index in [4.69, 9.17) is 20.9 Å². The molecule has 0 bridgehead atoms. The number of anilines is 1. The monoisotopic (exact) mass is 416 g/mol. The van der Waals surface area contributed by atoms with Crippen LogP contribution in [0.3, 0.4) is 0 Å². The van der Waals surface area contributed by atoms with E-state index >= 15 is 0 Å². The van der Waals surface area contributed by atoms with E-state index in [0.717, 1.165) is 17.1 Å². The Balaban J connectivity index is 1.69. The Hall–Kier alpha value is -3.13. The van der Waals surface area contributed by atoms with Crippen LogP contribution in [0.15, 0.2) is 34.9 Å². The molecule has 3 rings (SSSR count). The van der Waals surface area contributed by atoms with Crippen LogP contribution in [0.2, 0.25) is 5.02 Å². The summed E-state index contributed by atoms with van der Waals surface area (Å²) in [6, 6.07) is 8.30. The highest BCUT2D eigenvalue weighted by atomic mass is 35.5. The summed E-state index contributed by atoms with van der Waals surface area (Å²) in [4.78, 5) is 24.8. The van der Waals surface area contributed by atoms with E-state index in [2.05, 4.69) is 15.6 Å². The number of rotatable bonds is 6. The highest BCUT2D eigenvalue weighted by molar-refractivity contribution is 6.31. The topological polar surface area (TPSA) is 99.2 Å². The molecule has 2 heterocycles. The van der Waals surface area contributed by atoms with Crippen molar-refractivity contribution in [2.24, 2.45) is 0 Å². The summed E-state index contributed by atoms with van der Waals surface area (Å²) in [7, 11) is 0. The van der Waals surface area contributed by atoms with Crippen LogP contribution < -0.4 is 5.32 Å². The molecular formula is C20H21ClN4O4. The van der Waals surface area contributed by atoms with Crippen LogP contribution in [0, 0.1) is 20.8 Å². The fraction of sp³-hybridized carbons (Fsp3) is 0.300. The molecule has 1 atom stereocenters. The van der Waals surface area contributed by atoms with Crippen LogP contribution >= 0.6 is 11.6 Å². The molecule has 0 spiro atoms. The van der Waals surface area contributed by atoms with E-state index in [-0.39, 0.29) is 5.82 Å². The van der Waals surface area contributed by atoms with Crippen molar-refractivity contribution < 1.29 is 18.8 Å². The zero-order valence-corrected chi connectivity index (χ0v) is 17.3. The van der Waals surface area contributed by atoms with Gasteiger partial charge < -0.3 is 14.6 Å². The predicted octanol–water partition coefficient (Wildman–Crippen LogP) is 4.01. The Labute approximate surface area is 172 Å². The number of nitrogens with one attached hydrogen (secondary N) is 1. The molecule has 0 aliphatic rings. The molecule has 1 N–H and O–H groups in total. The van der Waals surface area contributed by atoms with Gasteiger partial charge in [-0.05, 0) is 51.5 Å². The number of halogens is 1. The third kappa shape index (κ3) is 4.48. The van der Waals surface area contributed by atoms with E-state index in [9.17, 15) is 9.59 Å². The smallest absolute Gasteiger partial charge is 0.338 e. The third-order valence-corrected chi connectivity index (χ3v) is 4.89. The summed E-state index contributed by atoms with van der Waals surface area (Å²) < 4.78 is 12.0. The lowest BCUT2D eigenvalue weighted by Gasteiger charge is -2.15. The molecule has 1 unspecified atom stereocenters. The standard InChI is InChI=1S/C20H21ClN4O4/c1-5-16(19(26)22-17-10-11(2)29-24-17)28-20(27)14-6-8-15(9-7-14)25-13(4)18(21)12(3)23-25/h6-10,16H,5H2,1-4H3,(H,22,24,26). The summed E-state index contributed by atoms with van der Waals surface area (Å²) in [5.74, 6) is -0.228. The van der Waals surface area contributed by atoms with Crippen LogP contribution in [0.4, 0.5) is 5.82 Å². The molecule has 3 aromatic rings. The van der Waals surface area contributed by atoms with Crippen molar-refractivity contribution in [1.29, 1.82) is 0 Å². The highest BCUT2D eigenvalue weighted by Crippen LogP contribution is 2.22. The van der Waals surface area contributed by atoms with Crippen LogP contribution in [0.1, 0.15) is 40.9 Å². The van der Waals surface area contributed by atoms with E-state index in [1.165, 1.54) is 0 Å². The summed E-state index contributed by atoms with van der Waals surface area (Å²) in [6.45, 7) is 7.16. The van der Waals surface area contributed by atoms with Crippen molar-refractivity contribution in [1.82, 2.24) is 14.9 Å². The summed E-state index contributed by atoms with van der Waals surface area (Å²) >= 11 is 6.19. The third-order valence-electron chi connectivity index (χ3n) is 4.34. The largest absolute Gasteiger partial charge is 0.449 e. The minimum Gasteiger partial charge on any atom is -0.449 e. The number of aryl methyl sites for hydroxylation is 2. The van der Waals surface area contributed by atoms with Crippen molar-refractivity contribution >= 4 is 29.3 Å². The molecule has 0 saturated carbocycles. The van der Waals surface area contributed by atoms with Gasteiger partial charge in [-0.2, -0.15) is 5.10 Å². The number of nitrogens with zero attached hydrogens (tertiary/aromatic N) is 3. The minimum absolute atomic E-state index is 0.273. The maximum atomic E-state index is 12.5. The molecule has 0 aliphatic carbocycles. The quantitative estimate of drug-likeness (QED) is 0.609. The number of aromatic nitrogens is 3. The summed E-state index contributed by atoms with van der Waals surface area (Å²) in [5.41, 5.74) is 2.63. The minimum atomic E-state index is -0.950. The average molecular weight is 417 g/mol. The summed E-state index contributed by atoms with van der Waals surface area (Å²) in [6.07, 6.45) is -0.634. The zero-order valence-electron chi connectivity index (χ0n) is 16.5. The number of hydrogen-bond donors (Lipinski definition) is 1. The second-order valence-electron chi connectivity index (χ2n) is 6.56. The Morgan fingerprint density at radius 1 is 1.24 bits per heavy atom. The Morgan fingerprint density at radius 3 is 2.45 bits per heavy atom. The van der Waals surface area contributed by atoms with E-state index in [0.29, 0.717) is 22.8 Å². The second kappa shape index (κ2) is 8.48. The number of carbonyl (C=O) groups excluding carboxylic acids is 2. The first-order chi connectivity index (χ1) is 13.8. The molecule has 0 aliphatic heterocycles. The molecule has 0 radical (unpaired) electrons. The number of hydrogen-bond acceptors (Lipinski definition) is 6. The van der Waals surface area contributed by atoms with Crippen LogP contribution in [-0.4, -0.2) is 32.9 Å². The van der Waals surface area contributed by atoms with Gasteiger partial charge in [-0.1, -0.05) is 23.7 Å². The van der Waals surface area contributed by atoms with Gasteiger partial charge >= 0.3 is 5.97 Å². The molecule has 1 amide bonds. The number of ether oxygens (including phenoxy) is 1. The predicted molar refractivity (Wildman–Crippen MR) is 107 cm³/mol. The van der Waals surface area contributed by atoms with Crippen molar-refractivity contribution in [3.63, 3.8) is 0 Å². The molecule has 9 heteroatoms. The maximum Gasteiger partial charge on any atom is 0.338 e. The van der Waals surface area contributed by atoms with Gasteiger partial charge in [0.2, 0.25) is 0 Å². The molecule has 1 aromatic carbocycles. The SMILES string of the molecule is CCC(OC(=O)c1ccc(-n2nc(C)c(Cl)c2C)cc1)C(=O)Nc1cc(C)on1. The lowest BCUT2D eigenvalue weighted by atomic mass is 10.2. The first-order valence-corrected chi connectivity index (χ1v) is 9.45. The molecule has 152 valence electrons. The van der Waals surface area contributed by atoms with Gasteiger partial charge in [-0.3, -0.25) is 4.79 Å². The number of benzene rings is 1. The van der Waals surface area contributed by atoms with Crippen molar-refractivity contribution in [3.05, 3.63) is 58.1 Å². The van der Waals surface area contributed by atoms with Crippen molar-refractivity contribution in [2.75, 3.05) is 5.32 Å². The number of esters is 1. The lowest BCUT2D eigenvalue weighted by Crippen LogP contribution is -2.32. The fourth-order valence-electron chi connectivity index (χ4n) is 2.77. The first-order valence-electron chi connectivity index (χ1n) is 9.07. The van der Waals surface area contributed by atoms with Gasteiger partial charge in [0.25, 0.3) is 5.91 Å². The van der Waals surface area contributed by atoms with Crippen LogP contribution in [0.5, 0.6) is 0 Å². The summed E-state index contributed by atoms with van der Waals surface area (Å²) in [5, 5.41) is 11.3. The maximum absolute atomic E-state index is 12.5. The molecular weight excluding hydrogens is 396 g/mol. The molecule has 2 aromatic heterocycles. The van der Waals surface area contributed by atoms with Crippen LogP contribution in [-0.2, 0) is 9.53 Å². The molecule has 8 nitrogen and oxygen atoms in total. The van der Waals surface area contributed by atoms with Crippen molar-refractivity contribution in [2.45, 2.75) is 40.2 Å². The number of carbonyl (C=O) groups is 2. The first kappa shape index (κ1) is 20.6. The normalized spacial score (nSPS) is 11.9. The average Bonchev–Trinajstić information content (AvgIpc) is 3.23. The van der Waals surface area contributed by atoms with Gasteiger partial charge in [0.1, 0.15) is 5.76 Å². The van der Waals surface area contributed by atoms with Gasteiger partial charge in [0, 0.05) is 6.07 Å². The van der Waals surface area contributed by atoms with Gasteiger partial charge in [-0.15, -0.1) is 0 Å². The molecule has 0 fully saturated rings. The van der Waals surface area contributed by atoms with E-state index in [1.54, 1.807) is 48.9 Å². The Bertz CT molecular complexity index is 1040. The second-order valence-corrected chi connectivity index (χ2v) is 6.94. The Kier molecular flexibility index (Phi) is 6.03. The zero-order chi connectivity index (χ0) is 21.1.